The Bertz CT molecular complexity index is 543. The number of carboxylic acids is 1. The number of nitrogens with one attached hydrogen (secondary N) is 1. The maximum Gasteiger partial charge on any atom is 0.352 e. The number of rotatable bonds is 5. The molecule has 0 spiro atoms. The Morgan fingerprint density at radius 2 is 2.24 bits per heavy atom. The molecule has 0 amide bonds. The lowest BCUT2D eigenvalue weighted by atomic mass is 10.4. The second-order valence-electron chi connectivity index (χ2n) is 4.27. The smallest absolute Gasteiger partial charge is 0.352 e. The second-order valence-corrected chi connectivity index (χ2v) is 6.04. The van der Waals surface area contributed by atoms with E-state index in [1.165, 1.54) is 17.8 Å². The van der Waals surface area contributed by atoms with E-state index in [0.717, 1.165) is 18.9 Å². The summed E-state index contributed by atoms with van der Waals surface area (Å²) in [5, 5.41) is 8.84. The third kappa shape index (κ3) is 2.67. The summed E-state index contributed by atoms with van der Waals surface area (Å²) in [6, 6.07) is 1.16. The molecule has 1 aromatic rings. The number of hydrogen-bond acceptors (Lipinski definition) is 3. The maximum atomic E-state index is 11.8. The number of carboxylic acid groups (broad SMARTS) is 1. The van der Waals surface area contributed by atoms with Crippen molar-refractivity contribution in [3.05, 3.63) is 18.0 Å². The van der Waals surface area contributed by atoms with E-state index in [2.05, 4.69) is 4.72 Å². The predicted molar refractivity (Wildman–Crippen MR) is 60.3 cm³/mol. The Morgan fingerprint density at radius 1 is 1.59 bits per heavy atom. The van der Waals surface area contributed by atoms with Gasteiger partial charge in [-0.1, -0.05) is 0 Å². The van der Waals surface area contributed by atoms with Gasteiger partial charge in [-0.15, -0.1) is 0 Å². The lowest BCUT2D eigenvalue weighted by molar-refractivity contribution is 0.0686. The van der Waals surface area contributed by atoms with Crippen molar-refractivity contribution in [3.8, 4) is 0 Å². The summed E-state index contributed by atoms with van der Waals surface area (Å²) in [4.78, 5) is 10.8. The second kappa shape index (κ2) is 4.15. The van der Waals surface area contributed by atoms with Crippen LogP contribution < -0.4 is 4.72 Å². The van der Waals surface area contributed by atoms with Crippen LogP contribution >= 0.6 is 0 Å². The summed E-state index contributed by atoms with van der Waals surface area (Å²) in [7, 11) is -2.08. The van der Waals surface area contributed by atoms with Crippen LogP contribution in [0, 0.1) is 5.92 Å². The van der Waals surface area contributed by atoms with Gasteiger partial charge >= 0.3 is 5.97 Å². The van der Waals surface area contributed by atoms with Crippen molar-refractivity contribution in [2.75, 3.05) is 6.54 Å². The summed E-state index contributed by atoms with van der Waals surface area (Å²) in [6.45, 7) is 0.430. The number of sulfonamides is 1. The van der Waals surface area contributed by atoms with E-state index in [1.807, 2.05) is 0 Å². The number of hydrogen-bond donors (Lipinski definition) is 2. The van der Waals surface area contributed by atoms with Crippen LogP contribution in [0.25, 0.3) is 0 Å². The Morgan fingerprint density at radius 3 is 2.71 bits per heavy atom. The Hall–Kier alpha value is -1.34. The first-order valence-electron chi connectivity index (χ1n) is 5.29. The van der Waals surface area contributed by atoms with Crippen LogP contribution in [0.4, 0.5) is 0 Å². The normalized spacial score (nSPS) is 16.1. The highest BCUT2D eigenvalue weighted by atomic mass is 32.2. The van der Waals surface area contributed by atoms with Crippen LogP contribution in [0.1, 0.15) is 23.3 Å². The fraction of sp³-hybridized carbons (Fsp3) is 0.500. The van der Waals surface area contributed by atoms with Crippen molar-refractivity contribution < 1.29 is 18.3 Å². The number of carbonyl (C=O) groups is 1. The van der Waals surface area contributed by atoms with Gasteiger partial charge in [-0.25, -0.2) is 17.9 Å². The van der Waals surface area contributed by atoms with Gasteiger partial charge in [0.1, 0.15) is 10.6 Å². The SMILES string of the molecule is Cn1cc(S(=O)(=O)NCC2CC2)cc1C(=O)O. The van der Waals surface area contributed by atoms with Gasteiger partial charge in [0, 0.05) is 19.8 Å². The van der Waals surface area contributed by atoms with E-state index in [4.69, 9.17) is 5.11 Å². The molecule has 2 N–H and O–H groups in total. The van der Waals surface area contributed by atoms with Crippen molar-refractivity contribution >= 4 is 16.0 Å². The first kappa shape index (κ1) is 12.1. The summed E-state index contributed by atoms with van der Waals surface area (Å²) in [5.41, 5.74) is -0.0446. The highest BCUT2D eigenvalue weighted by Crippen LogP contribution is 2.28. The highest BCUT2D eigenvalue weighted by Gasteiger charge is 2.25. The number of nitrogens with zero attached hydrogens (tertiary/aromatic N) is 1. The van der Waals surface area contributed by atoms with Crippen LogP contribution in [0.15, 0.2) is 17.2 Å². The molecule has 1 fully saturated rings. The van der Waals surface area contributed by atoms with Crippen LogP contribution in [-0.2, 0) is 17.1 Å². The number of aryl methyl sites for hydroxylation is 1. The fourth-order valence-electron chi connectivity index (χ4n) is 1.53. The van der Waals surface area contributed by atoms with E-state index in [0.29, 0.717) is 12.5 Å². The van der Waals surface area contributed by atoms with Crippen molar-refractivity contribution in [2.24, 2.45) is 13.0 Å². The molecule has 1 heterocycles. The van der Waals surface area contributed by atoms with Crippen LogP contribution in [0.5, 0.6) is 0 Å². The lowest BCUT2D eigenvalue weighted by Gasteiger charge is -2.02. The minimum atomic E-state index is -3.58. The third-order valence-electron chi connectivity index (χ3n) is 2.77. The first-order chi connectivity index (χ1) is 7.90. The molecule has 0 aliphatic heterocycles. The zero-order valence-corrected chi connectivity index (χ0v) is 10.2. The largest absolute Gasteiger partial charge is 0.477 e. The molecule has 2 rings (SSSR count). The van der Waals surface area contributed by atoms with E-state index < -0.39 is 16.0 Å². The van der Waals surface area contributed by atoms with Gasteiger partial charge in [0.15, 0.2) is 0 Å². The minimum absolute atomic E-state index is 0.00181. The topological polar surface area (TPSA) is 88.4 Å². The molecule has 7 heteroatoms. The first-order valence-corrected chi connectivity index (χ1v) is 6.78. The quantitative estimate of drug-likeness (QED) is 0.800. The predicted octanol–water partition coefficient (Wildman–Crippen LogP) is 0.412. The molecule has 6 nitrogen and oxygen atoms in total. The van der Waals surface area contributed by atoms with Gasteiger partial charge in [0.25, 0.3) is 0 Å². The standard InChI is InChI=1S/C10H14N2O4S/c1-12-6-8(4-9(12)10(13)14)17(15,16)11-5-7-2-3-7/h4,6-7,11H,2-3,5H2,1H3,(H,13,14). The Labute approximate surface area is 99.3 Å². The van der Waals surface area contributed by atoms with Crippen molar-refractivity contribution in [2.45, 2.75) is 17.7 Å². The molecule has 0 saturated heterocycles. The number of aromatic carboxylic acids is 1. The molecule has 0 radical (unpaired) electrons. The summed E-state index contributed by atoms with van der Waals surface area (Å²) in [6.07, 6.45) is 3.41. The Kier molecular flexibility index (Phi) is 2.96. The van der Waals surface area contributed by atoms with E-state index >= 15 is 0 Å². The molecule has 1 aliphatic rings. The van der Waals surface area contributed by atoms with Gasteiger partial charge < -0.3 is 9.67 Å². The molecule has 1 saturated carbocycles. The molecule has 0 unspecified atom stereocenters. The Balaban J connectivity index is 2.19. The molecule has 0 atom stereocenters. The van der Waals surface area contributed by atoms with Gasteiger partial charge in [0.05, 0.1) is 0 Å². The molecule has 17 heavy (non-hydrogen) atoms. The summed E-state index contributed by atoms with van der Waals surface area (Å²) < 4.78 is 27.4. The zero-order chi connectivity index (χ0) is 12.6. The van der Waals surface area contributed by atoms with Crippen LogP contribution in [-0.4, -0.2) is 30.6 Å². The van der Waals surface area contributed by atoms with Crippen molar-refractivity contribution in [3.63, 3.8) is 0 Å². The number of aromatic nitrogens is 1. The average Bonchev–Trinajstić information content (AvgIpc) is 2.97. The molecule has 0 bridgehead atoms. The summed E-state index contributed by atoms with van der Waals surface area (Å²) in [5.74, 6) is -0.705. The minimum Gasteiger partial charge on any atom is -0.477 e. The van der Waals surface area contributed by atoms with E-state index in [1.54, 1.807) is 0 Å². The molecular weight excluding hydrogens is 244 g/mol. The maximum absolute atomic E-state index is 11.8. The van der Waals surface area contributed by atoms with Gasteiger partial charge in [-0.2, -0.15) is 0 Å². The monoisotopic (exact) mass is 258 g/mol. The fourth-order valence-corrected chi connectivity index (χ4v) is 2.71. The molecule has 0 aromatic carbocycles. The zero-order valence-electron chi connectivity index (χ0n) is 9.38. The summed E-state index contributed by atoms with van der Waals surface area (Å²) >= 11 is 0. The van der Waals surface area contributed by atoms with Crippen molar-refractivity contribution in [1.82, 2.24) is 9.29 Å². The van der Waals surface area contributed by atoms with E-state index in [-0.39, 0.29) is 10.6 Å². The van der Waals surface area contributed by atoms with Crippen LogP contribution in [0.3, 0.4) is 0 Å². The van der Waals surface area contributed by atoms with Gasteiger partial charge in [0.2, 0.25) is 10.0 Å². The third-order valence-corrected chi connectivity index (χ3v) is 4.16. The molecule has 94 valence electrons. The van der Waals surface area contributed by atoms with Crippen molar-refractivity contribution in [1.29, 1.82) is 0 Å². The van der Waals surface area contributed by atoms with Crippen LogP contribution in [0.2, 0.25) is 0 Å². The molecular formula is C10H14N2O4S. The lowest BCUT2D eigenvalue weighted by Crippen LogP contribution is -2.25. The molecule has 1 aliphatic carbocycles. The van der Waals surface area contributed by atoms with Gasteiger partial charge in [-0.3, -0.25) is 0 Å². The average molecular weight is 258 g/mol. The molecule has 1 aromatic heterocycles. The van der Waals surface area contributed by atoms with E-state index in [9.17, 15) is 13.2 Å². The highest BCUT2D eigenvalue weighted by molar-refractivity contribution is 7.89. The van der Waals surface area contributed by atoms with Gasteiger partial charge in [-0.05, 0) is 24.8 Å².